The van der Waals surface area contributed by atoms with Crippen molar-refractivity contribution in [3.63, 3.8) is 0 Å². The smallest absolute Gasteiger partial charge is 0.0575 e. The second-order valence-corrected chi connectivity index (χ2v) is 3.95. The second-order valence-electron chi connectivity index (χ2n) is 3.95. The third kappa shape index (κ3) is 3.09. The number of aromatic nitrogens is 1. The number of hydrogen-bond donors (Lipinski definition) is 1. The van der Waals surface area contributed by atoms with Crippen LogP contribution in [-0.2, 0) is 0 Å². The minimum Gasteiger partial charge on any atom is -0.328 e. The van der Waals surface area contributed by atoms with Crippen molar-refractivity contribution in [3.8, 4) is 0 Å². The lowest BCUT2D eigenvalue weighted by Crippen LogP contribution is -2.28. The molecular weight excluding hydrogens is 174 g/mol. The van der Waals surface area contributed by atoms with Gasteiger partial charge in [0.15, 0.2) is 0 Å². The number of rotatable bonds is 4. The van der Waals surface area contributed by atoms with Crippen molar-refractivity contribution < 1.29 is 0 Å². The van der Waals surface area contributed by atoms with E-state index in [-0.39, 0.29) is 6.04 Å². The van der Waals surface area contributed by atoms with Crippen molar-refractivity contribution in [1.29, 1.82) is 0 Å². The Morgan fingerprint density at radius 1 is 1.43 bits per heavy atom. The maximum atomic E-state index is 5.81. The van der Waals surface area contributed by atoms with E-state index in [1.807, 2.05) is 31.3 Å². The molecule has 3 nitrogen and oxygen atoms in total. The van der Waals surface area contributed by atoms with E-state index in [9.17, 15) is 0 Å². The van der Waals surface area contributed by atoms with Gasteiger partial charge in [-0.2, -0.15) is 0 Å². The van der Waals surface area contributed by atoms with Crippen LogP contribution in [0.4, 0.5) is 0 Å². The normalized spacial score (nSPS) is 15.5. The molecule has 0 fully saturated rings. The summed E-state index contributed by atoms with van der Waals surface area (Å²) >= 11 is 0. The topological polar surface area (TPSA) is 42.1 Å². The number of nitrogens with zero attached hydrogens (tertiary/aromatic N) is 2. The molecule has 1 heterocycles. The van der Waals surface area contributed by atoms with Gasteiger partial charge in [-0.15, -0.1) is 0 Å². The summed E-state index contributed by atoms with van der Waals surface area (Å²) in [6.45, 7) is 2.03. The Balaban J connectivity index is 2.78. The van der Waals surface area contributed by atoms with Crippen LogP contribution in [0.5, 0.6) is 0 Å². The molecule has 1 rings (SSSR count). The van der Waals surface area contributed by atoms with E-state index >= 15 is 0 Å². The molecule has 2 unspecified atom stereocenters. The molecule has 2 N–H and O–H groups in total. The Kier molecular flexibility index (Phi) is 4.04. The predicted molar refractivity (Wildman–Crippen MR) is 58.9 cm³/mol. The fraction of sp³-hybridized carbons (Fsp3) is 0.545. The molecule has 14 heavy (non-hydrogen) atoms. The Labute approximate surface area is 85.9 Å². The van der Waals surface area contributed by atoms with Gasteiger partial charge in [-0.05, 0) is 39.6 Å². The van der Waals surface area contributed by atoms with Crippen molar-refractivity contribution in [2.45, 2.75) is 25.4 Å². The first-order valence-corrected chi connectivity index (χ1v) is 4.94. The van der Waals surface area contributed by atoms with Gasteiger partial charge in [0, 0.05) is 12.2 Å². The van der Waals surface area contributed by atoms with Gasteiger partial charge in [0.05, 0.1) is 11.7 Å². The van der Waals surface area contributed by atoms with Crippen LogP contribution in [0, 0.1) is 0 Å². The fourth-order valence-electron chi connectivity index (χ4n) is 1.52. The molecule has 3 heteroatoms. The monoisotopic (exact) mass is 193 g/mol. The van der Waals surface area contributed by atoms with Gasteiger partial charge >= 0.3 is 0 Å². The lowest BCUT2D eigenvalue weighted by molar-refractivity contribution is 0.267. The quantitative estimate of drug-likeness (QED) is 0.786. The summed E-state index contributed by atoms with van der Waals surface area (Å²) in [6, 6.07) is 6.51. The van der Waals surface area contributed by atoms with Crippen LogP contribution in [0.25, 0.3) is 0 Å². The molecule has 1 aromatic rings. The first-order chi connectivity index (χ1) is 6.61. The van der Waals surface area contributed by atoms with E-state index < -0.39 is 0 Å². The van der Waals surface area contributed by atoms with Crippen molar-refractivity contribution in [2.75, 3.05) is 14.1 Å². The zero-order chi connectivity index (χ0) is 10.6. The third-order valence-electron chi connectivity index (χ3n) is 2.25. The maximum absolute atomic E-state index is 5.81. The SMILES string of the molecule is CC(N)CC(c1ccccn1)N(C)C. The highest BCUT2D eigenvalue weighted by atomic mass is 15.1. The van der Waals surface area contributed by atoms with Crippen molar-refractivity contribution >= 4 is 0 Å². The molecule has 0 bridgehead atoms. The zero-order valence-corrected chi connectivity index (χ0v) is 9.14. The van der Waals surface area contributed by atoms with E-state index in [1.54, 1.807) is 0 Å². The molecule has 0 saturated heterocycles. The van der Waals surface area contributed by atoms with Crippen LogP contribution in [-0.4, -0.2) is 30.0 Å². The lowest BCUT2D eigenvalue weighted by atomic mass is 10.0. The summed E-state index contributed by atoms with van der Waals surface area (Å²) in [7, 11) is 4.11. The second kappa shape index (κ2) is 5.08. The molecule has 78 valence electrons. The summed E-state index contributed by atoms with van der Waals surface area (Å²) in [5.41, 5.74) is 6.91. The summed E-state index contributed by atoms with van der Waals surface area (Å²) in [5.74, 6) is 0. The Morgan fingerprint density at radius 3 is 2.57 bits per heavy atom. The molecule has 2 atom stereocenters. The molecule has 1 aromatic heterocycles. The van der Waals surface area contributed by atoms with Gasteiger partial charge in [0.2, 0.25) is 0 Å². The number of hydrogen-bond acceptors (Lipinski definition) is 3. The van der Waals surface area contributed by atoms with Gasteiger partial charge < -0.3 is 10.6 Å². The highest BCUT2D eigenvalue weighted by Crippen LogP contribution is 2.20. The standard InChI is InChI=1S/C11H19N3/c1-9(12)8-11(14(2)3)10-6-4-5-7-13-10/h4-7,9,11H,8,12H2,1-3H3. The van der Waals surface area contributed by atoms with Crippen LogP contribution in [0.1, 0.15) is 25.1 Å². The van der Waals surface area contributed by atoms with Gasteiger partial charge in [-0.1, -0.05) is 6.07 Å². The Hall–Kier alpha value is -0.930. The van der Waals surface area contributed by atoms with Crippen LogP contribution in [0.3, 0.4) is 0 Å². The van der Waals surface area contributed by atoms with Gasteiger partial charge in [-0.3, -0.25) is 4.98 Å². The summed E-state index contributed by atoms with van der Waals surface area (Å²) in [6.07, 6.45) is 2.76. The van der Waals surface area contributed by atoms with Crippen molar-refractivity contribution in [3.05, 3.63) is 30.1 Å². The number of pyridine rings is 1. The van der Waals surface area contributed by atoms with Crippen LogP contribution in [0.2, 0.25) is 0 Å². The largest absolute Gasteiger partial charge is 0.328 e. The lowest BCUT2D eigenvalue weighted by Gasteiger charge is -2.25. The molecule has 0 spiro atoms. The summed E-state index contributed by atoms with van der Waals surface area (Å²) < 4.78 is 0. The van der Waals surface area contributed by atoms with Crippen molar-refractivity contribution in [2.24, 2.45) is 5.73 Å². The summed E-state index contributed by atoms with van der Waals surface area (Å²) in [5, 5.41) is 0. The van der Waals surface area contributed by atoms with Crippen LogP contribution < -0.4 is 5.73 Å². The first kappa shape index (κ1) is 11.1. The molecule has 0 aliphatic rings. The molecule has 0 saturated carbocycles. The average molecular weight is 193 g/mol. The maximum Gasteiger partial charge on any atom is 0.0575 e. The third-order valence-corrected chi connectivity index (χ3v) is 2.25. The molecule has 0 radical (unpaired) electrons. The van der Waals surface area contributed by atoms with E-state index in [1.165, 1.54) is 0 Å². The molecule has 0 amide bonds. The van der Waals surface area contributed by atoms with E-state index in [4.69, 9.17) is 5.73 Å². The molecule has 0 aliphatic carbocycles. The average Bonchev–Trinajstić information content (AvgIpc) is 2.15. The molecule has 0 aliphatic heterocycles. The van der Waals surface area contributed by atoms with Crippen LogP contribution in [0.15, 0.2) is 24.4 Å². The fourth-order valence-corrected chi connectivity index (χ4v) is 1.52. The van der Waals surface area contributed by atoms with E-state index in [2.05, 4.69) is 24.0 Å². The minimum atomic E-state index is 0.199. The first-order valence-electron chi connectivity index (χ1n) is 4.94. The Morgan fingerprint density at radius 2 is 2.14 bits per heavy atom. The summed E-state index contributed by atoms with van der Waals surface area (Å²) in [4.78, 5) is 6.51. The van der Waals surface area contributed by atoms with E-state index in [0.29, 0.717) is 6.04 Å². The van der Waals surface area contributed by atoms with E-state index in [0.717, 1.165) is 12.1 Å². The zero-order valence-electron chi connectivity index (χ0n) is 9.14. The molecular formula is C11H19N3. The highest BCUT2D eigenvalue weighted by molar-refractivity contribution is 5.08. The van der Waals surface area contributed by atoms with Gasteiger partial charge in [0.1, 0.15) is 0 Å². The molecule has 0 aromatic carbocycles. The Bertz CT molecular complexity index is 256. The minimum absolute atomic E-state index is 0.199. The van der Waals surface area contributed by atoms with Crippen LogP contribution >= 0.6 is 0 Å². The van der Waals surface area contributed by atoms with Gasteiger partial charge in [0.25, 0.3) is 0 Å². The predicted octanol–water partition coefficient (Wildman–Crippen LogP) is 1.42. The highest BCUT2D eigenvalue weighted by Gasteiger charge is 2.16. The van der Waals surface area contributed by atoms with Gasteiger partial charge in [-0.25, -0.2) is 0 Å². The number of nitrogens with two attached hydrogens (primary N) is 1. The van der Waals surface area contributed by atoms with Crippen molar-refractivity contribution in [1.82, 2.24) is 9.88 Å².